The molecule has 1 aliphatic heterocycles. The van der Waals surface area contributed by atoms with Gasteiger partial charge in [0.25, 0.3) is 0 Å². The zero-order chi connectivity index (χ0) is 17.0. The van der Waals surface area contributed by atoms with Gasteiger partial charge in [-0.25, -0.2) is 4.79 Å². The Hall–Kier alpha value is -1.11. The van der Waals surface area contributed by atoms with Crippen molar-refractivity contribution in [3.8, 4) is 0 Å². The Balaban J connectivity index is 1.98. The molecule has 0 spiro atoms. The van der Waals surface area contributed by atoms with E-state index in [0.717, 1.165) is 19.5 Å². The SMILES string of the molecule is CCC(N)C(c1cccs1)N1CCN(C(=O)OC(C)(C)C)CC1. The molecule has 2 unspecified atom stereocenters. The van der Waals surface area contributed by atoms with Crippen molar-refractivity contribution in [2.45, 2.75) is 51.8 Å². The van der Waals surface area contributed by atoms with Crippen LogP contribution in [0.1, 0.15) is 45.0 Å². The van der Waals surface area contributed by atoms with Gasteiger partial charge in [0.1, 0.15) is 5.60 Å². The van der Waals surface area contributed by atoms with Crippen LogP contribution in [0.5, 0.6) is 0 Å². The van der Waals surface area contributed by atoms with Crippen LogP contribution in [0, 0.1) is 0 Å². The number of nitrogens with two attached hydrogens (primary N) is 1. The average molecular weight is 340 g/mol. The minimum atomic E-state index is -0.446. The molecule has 1 saturated heterocycles. The topological polar surface area (TPSA) is 58.8 Å². The molecule has 5 nitrogen and oxygen atoms in total. The molecule has 0 bridgehead atoms. The maximum Gasteiger partial charge on any atom is 0.410 e. The molecule has 1 amide bonds. The van der Waals surface area contributed by atoms with Crippen molar-refractivity contribution in [3.05, 3.63) is 22.4 Å². The number of piperazine rings is 1. The van der Waals surface area contributed by atoms with Crippen LogP contribution < -0.4 is 5.73 Å². The largest absolute Gasteiger partial charge is 0.444 e. The van der Waals surface area contributed by atoms with E-state index in [4.69, 9.17) is 10.5 Å². The van der Waals surface area contributed by atoms with Gasteiger partial charge in [0, 0.05) is 37.1 Å². The maximum absolute atomic E-state index is 12.2. The third-order valence-electron chi connectivity index (χ3n) is 4.07. The fraction of sp³-hybridized carbons (Fsp3) is 0.706. The molecule has 6 heteroatoms. The monoisotopic (exact) mass is 339 g/mol. The number of ether oxygens (including phenoxy) is 1. The van der Waals surface area contributed by atoms with Crippen molar-refractivity contribution in [2.24, 2.45) is 5.73 Å². The van der Waals surface area contributed by atoms with Gasteiger partial charge in [0.15, 0.2) is 0 Å². The summed E-state index contributed by atoms with van der Waals surface area (Å²) in [6, 6.07) is 4.58. The van der Waals surface area contributed by atoms with Gasteiger partial charge in [0.2, 0.25) is 0 Å². The van der Waals surface area contributed by atoms with Crippen molar-refractivity contribution in [1.29, 1.82) is 0 Å². The van der Waals surface area contributed by atoms with E-state index in [1.165, 1.54) is 4.88 Å². The second-order valence-corrected chi connectivity index (χ2v) is 8.01. The Morgan fingerprint density at radius 3 is 2.48 bits per heavy atom. The quantitative estimate of drug-likeness (QED) is 0.916. The van der Waals surface area contributed by atoms with Crippen molar-refractivity contribution < 1.29 is 9.53 Å². The summed E-state index contributed by atoms with van der Waals surface area (Å²) < 4.78 is 5.46. The molecule has 0 radical (unpaired) electrons. The molecule has 2 N–H and O–H groups in total. The summed E-state index contributed by atoms with van der Waals surface area (Å²) in [6.45, 7) is 10.9. The van der Waals surface area contributed by atoms with Crippen LogP contribution in [0.3, 0.4) is 0 Å². The summed E-state index contributed by atoms with van der Waals surface area (Å²) in [4.78, 5) is 17.7. The highest BCUT2D eigenvalue weighted by Crippen LogP contribution is 2.29. The highest BCUT2D eigenvalue weighted by atomic mass is 32.1. The molecule has 2 atom stereocenters. The first kappa shape index (κ1) is 18.2. The van der Waals surface area contributed by atoms with Gasteiger partial charge in [-0.05, 0) is 38.6 Å². The van der Waals surface area contributed by atoms with Crippen molar-refractivity contribution in [3.63, 3.8) is 0 Å². The Morgan fingerprint density at radius 1 is 1.35 bits per heavy atom. The molecule has 1 aromatic rings. The van der Waals surface area contributed by atoms with E-state index in [0.29, 0.717) is 13.1 Å². The van der Waals surface area contributed by atoms with Crippen molar-refractivity contribution in [2.75, 3.05) is 26.2 Å². The first-order valence-electron chi connectivity index (χ1n) is 8.32. The van der Waals surface area contributed by atoms with Crippen LogP contribution in [-0.4, -0.2) is 53.7 Å². The number of rotatable bonds is 4. The molecule has 2 rings (SSSR count). The maximum atomic E-state index is 12.2. The van der Waals surface area contributed by atoms with Crippen molar-refractivity contribution in [1.82, 2.24) is 9.80 Å². The van der Waals surface area contributed by atoms with E-state index in [2.05, 4.69) is 29.3 Å². The number of nitrogens with zero attached hydrogens (tertiary/aromatic N) is 2. The average Bonchev–Trinajstić information content (AvgIpc) is 3.00. The van der Waals surface area contributed by atoms with Crippen LogP contribution >= 0.6 is 11.3 Å². The first-order chi connectivity index (χ1) is 10.8. The fourth-order valence-electron chi connectivity index (χ4n) is 2.85. The van der Waals surface area contributed by atoms with Crippen molar-refractivity contribution >= 4 is 17.4 Å². The minimum absolute atomic E-state index is 0.113. The second-order valence-electron chi connectivity index (χ2n) is 7.04. The molecule has 1 aromatic heterocycles. The Kier molecular flexibility index (Phi) is 6.06. The standard InChI is InChI=1S/C17H29N3O2S/c1-5-13(18)15(14-7-6-12-23-14)19-8-10-20(11-9-19)16(21)22-17(2,3)4/h6-7,12-13,15H,5,8-11,18H2,1-4H3. The van der Waals surface area contributed by atoms with E-state index >= 15 is 0 Å². The van der Waals surface area contributed by atoms with Gasteiger partial charge < -0.3 is 15.4 Å². The summed E-state index contributed by atoms with van der Waals surface area (Å²) >= 11 is 1.76. The lowest BCUT2D eigenvalue weighted by molar-refractivity contribution is 0.00892. The molecule has 130 valence electrons. The summed E-state index contributed by atoms with van der Waals surface area (Å²) in [6.07, 6.45) is 0.721. The van der Waals surface area contributed by atoms with Crippen LogP contribution in [-0.2, 0) is 4.74 Å². The number of amides is 1. The van der Waals surface area contributed by atoms with E-state index in [1.807, 2.05) is 20.8 Å². The summed E-state index contributed by atoms with van der Waals surface area (Å²) in [5, 5.41) is 2.10. The van der Waals surface area contributed by atoms with E-state index < -0.39 is 5.60 Å². The molecule has 1 fully saturated rings. The number of hydrogen-bond acceptors (Lipinski definition) is 5. The van der Waals surface area contributed by atoms with Gasteiger partial charge in [-0.15, -0.1) is 11.3 Å². The second kappa shape index (κ2) is 7.64. The van der Waals surface area contributed by atoms with Crippen LogP contribution in [0.15, 0.2) is 17.5 Å². The van der Waals surface area contributed by atoms with Gasteiger partial charge in [-0.1, -0.05) is 13.0 Å². The Bertz CT molecular complexity index is 490. The molecular weight excluding hydrogens is 310 g/mol. The predicted octanol–water partition coefficient (Wildman–Crippen LogP) is 3.08. The summed E-state index contributed by atoms with van der Waals surface area (Å²) in [5.74, 6) is 0. The van der Waals surface area contributed by atoms with Gasteiger partial charge in [0.05, 0.1) is 6.04 Å². The number of thiophene rings is 1. The Morgan fingerprint density at radius 2 is 2.00 bits per heavy atom. The fourth-order valence-corrected chi connectivity index (χ4v) is 3.79. The van der Waals surface area contributed by atoms with E-state index in [1.54, 1.807) is 16.2 Å². The molecule has 0 aromatic carbocycles. The zero-order valence-electron chi connectivity index (χ0n) is 14.6. The minimum Gasteiger partial charge on any atom is -0.444 e. The predicted molar refractivity (Wildman–Crippen MR) is 94.7 cm³/mol. The smallest absolute Gasteiger partial charge is 0.410 e. The van der Waals surface area contributed by atoms with Gasteiger partial charge in [-0.2, -0.15) is 0 Å². The molecule has 0 saturated carbocycles. The van der Waals surface area contributed by atoms with E-state index in [9.17, 15) is 4.79 Å². The number of carbonyl (C=O) groups excluding carboxylic acids is 1. The van der Waals surface area contributed by atoms with Crippen LogP contribution in [0.2, 0.25) is 0 Å². The molecule has 23 heavy (non-hydrogen) atoms. The lowest BCUT2D eigenvalue weighted by Gasteiger charge is -2.41. The third kappa shape index (κ3) is 4.93. The van der Waals surface area contributed by atoms with Gasteiger partial charge >= 0.3 is 6.09 Å². The lowest BCUT2D eigenvalue weighted by Crippen LogP contribution is -2.53. The third-order valence-corrected chi connectivity index (χ3v) is 5.01. The zero-order valence-corrected chi connectivity index (χ0v) is 15.4. The highest BCUT2D eigenvalue weighted by Gasteiger charge is 2.32. The van der Waals surface area contributed by atoms with Gasteiger partial charge in [-0.3, -0.25) is 4.90 Å². The first-order valence-corrected chi connectivity index (χ1v) is 9.20. The molecule has 1 aliphatic rings. The normalized spacial score (nSPS) is 19.4. The number of carbonyl (C=O) groups is 1. The summed E-state index contributed by atoms with van der Waals surface area (Å²) in [5.41, 5.74) is 5.93. The molecule has 0 aliphatic carbocycles. The Labute approximate surface area is 143 Å². The highest BCUT2D eigenvalue weighted by molar-refractivity contribution is 7.10. The number of hydrogen-bond donors (Lipinski definition) is 1. The van der Waals surface area contributed by atoms with Crippen LogP contribution in [0.4, 0.5) is 4.79 Å². The van der Waals surface area contributed by atoms with Crippen LogP contribution in [0.25, 0.3) is 0 Å². The lowest BCUT2D eigenvalue weighted by atomic mass is 10.0. The summed E-state index contributed by atoms with van der Waals surface area (Å²) in [7, 11) is 0. The molecule has 2 heterocycles. The molecular formula is C17H29N3O2S. The van der Waals surface area contributed by atoms with E-state index in [-0.39, 0.29) is 18.2 Å².